The van der Waals surface area contributed by atoms with E-state index >= 15 is 0 Å². The average molecular weight is 290 g/mol. The minimum Gasteiger partial charge on any atom is -0.381 e. The summed E-state index contributed by atoms with van der Waals surface area (Å²) in [6.07, 6.45) is 4.90. The fourth-order valence-electron chi connectivity index (χ4n) is 3.40. The number of hydrogen-bond acceptors (Lipinski definition) is 4. The summed E-state index contributed by atoms with van der Waals surface area (Å²) in [6.45, 7) is 3.14. The Morgan fingerprint density at radius 3 is 3.10 bits per heavy atom. The average Bonchev–Trinajstić information content (AvgIpc) is 2.53. The molecule has 1 saturated heterocycles. The fraction of sp³-hybridized carbons (Fsp3) is 0.625. The maximum atomic E-state index is 12.9. The van der Waals surface area contributed by atoms with Gasteiger partial charge in [-0.2, -0.15) is 0 Å². The number of hydrogen-bond donors (Lipinski definition) is 0. The van der Waals surface area contributed by atoms with Gasteiger partial charge in [-0.3, -0.25) is 9.78 Å². The van der Waals surface area contributed by atoms with Gasteiger partial charge in [0.05, 0.1) is 30.4 Å². The molecule has 0 unspecified atom stereocenters. The van der Waals surface area contributed by atoms with Crippen molar-refractivity contribution in [1.29, 1.82) is 0 Å². The standard InChI is InChI=1S/C16H22N2O3/c1-11-13(4-3-7-17-11)16(19)18-8-9-21-15-6-5-12(20-2)10-14(15)18/h3-4,7,12,14-15H,5-6,8-10H2,1-2H3/t12-,14+,15-/m1/s1. The Kier molecular flexibility index (Phi) is 4.22. The second-order valence-corrected chi connectivity index (χ2v) is 5.78. The van der Waals surface area contributed by atoms with Crippen molar-refractivity contribution in [2.75, 3.05) is 20.3 Å². The molecule has 5 nitrogen and oxygen atoms in total. The van der Waals surface area contributed by atoms with Gasteiger partial charge in [0.15, 0.2) is 0 Å². The Labute approximate surface area is 125 Å². The van der Waals surface area contributed by atoms with Gasteiger partial charge in [0.25, 0.3) is 5.91 Å². The van der Waals surface area contributed by atoms with E-state index in [9.17, 15) is 4.79 Å². The first-order chi connectivity index (χ1) is 10.2. The Balaban J connectivity index is 1.83. The van der Waals surface area contributed by atoms with Gasteiger partial charge in [0.2, 0.25) is 0 Å². The first-order valence-corrected chi connectivity index (χ1v) is 7.57. The molecule has 1 amide bonds. The van der Waals surface area contributed by atoms with Gasteiger partial charge in [0, 0.05) is 25.5 Å². The molecule has 1 aliphatic heterocycles. The zero-order valence-corrected chi connectivity index (χ0v) is 12.6. The van der Waals surface area contributed by atoms with Crippen molar-refractivity contribution in [3.63, 3.8) is 0 Å². The SMILES string of the molecule is CO[C@@H]1CC[C@H]2OCCN(C(=O)c3cccnc3C)[C@H]2C1. The van der Waals surface area contributed by atoms with E-state index in [4.69, 9.17) is 9.47 Å². The second-order valence-electron chi connectivity index (χ2n) is 5.78. The summed E-state index contributed by atoms with van der Waals surface area (Å²) in [7, 11) is 1.74. The van der Waals surface area contributed by atoms with Crippen LogP contribution in [-0.4, -0.2) is 54.3 Å². The normalized spacial score (nSPS) is 29.0. The maximum Gasteiger partial charge on any atom is 0.256 e. The molecule has 1 saturated carbocycles. The molecule has 2 heterocycles. The van der Waals surface area contributed by atoms with Gasteiger partial charge >= 0.3 is 0 Å². The number of rotatable bonds is 2. The lowest BCUT2D eigenvalue weighted by atomic mass is 9.87. The molecule has 1 aromatic rings. The molecule has 3 atom stereocenters. The molecule has 114 valence electrons. The van der Waals surface area contributed by atoms with E-state index in [1.807, 2.05) is 24.0 Å². The number of carbonyl (C=O) groups excluding carboxylic acids is 1. The van der Waals surface area contributed by atoms with Crippen LogP contribution in [0.2, 0.25) is 0 Å². The monoisotopic (exact) mass is 290 g/mol. The molecule has 3 rings (SSSR count). The van der Waals surface area contributed by atoms with E-state index in [-0.39, 0.29) is 24.2 Å². The second kappa shape index (κ2) is 6.12. The lowest BCUT2D eigenvalue weighted by Gasteiger charge is -2.45. The quantitative estimate of drug-likeness (QED) is 0.833. The van der Waals surface area contributed by atoms with Crippen molar-refractivity contribution in [1.82, 2.24) is 9.88 Å². The van der Waals surface area contributed by atoms with Gasteiger partial charge in [-0.05, 0) is 38.3 Å². The van der Waals surface area contributed by atoms with E-state index in [1.165, 1.54) is 0 Å². The van der Waals surface area contributed by atoms with E-state index in [1.54, 1.807) is 13.3 Å². The largest absolute Gasteiger partial charge is 0.381 e. The van der Waals surface area contributed by atoms with Crippen LogP contribution in [-0.2, 0) is 9.47 Å². The third-order valence-electron chi connectivity index (χ3n) is 4.60. The van der Waals surface area contributed by atoms with E-state index < -0.39 is 0 Å². The van der Waals surface area contributed by atoms with Crippen molar-refractivity contribution in [3.05, 3.63) is 29.6 Å². The summed E-state index contributed by atoms with van der Waals surface area (Å²) in [5.41, 5.74) is 1.47. The molecule has 0 radical (unpaired) electrons. The molecule has 2 fully saturated rings. The van der Waals surface area contributed by atoms with Gasteiger partial charge in [0.1, 0.15) is 0 Å². The molecule has 2 aliphatic rings. The van der Waals surface area contributed by atoms with Gasteiger partial charge in [-0.1, -0.05) is 0 Å². The third kappa shape index (κ3) is 2.80. The fourth-order valence-corrected chi connectivity index (χ4v) is 3.40. The zero-order valence-electron chi connectivity index (χ0n) is 12.6. The molecule has 0 bridgehead atoms. The van der Waals surface area contributed by atoms with Gasteiger partial charge in [-0.15, -0.1) is 0 Å². The minimum atomic E-state index is 0.0654. The van der Waals surface area contributed by atoms with Crippen molar-refractivity contribution in [2.24, 2.45) is 0 Å². The number of carbonyl (C=O) groups is 1. The number of morpholine rings is 1. The molecular formula is C16H22N2O3. The first-order valence-electron chi connectivity index (χ1n) is 7.57. The first kappa shape index (κ1) is 14.5. The lowest BCUT2D eigenvalue weighted by molar-refractivity contribution is -0.101. The summed E-state index contributed by atoms with van der Waals surface area (Å²) in [4.78, 5) is 19.0. The van der Waals surface area contributed by atoms with Crippen molar-refractivity contribution >= 4 is 5.91 Å². The summed E-state index contributed by atoms with van der Waals surface area (Å²) < 4.78 is 11.3. The van der Waals surface area contributed by atoms with Crippen LogP contribution >= 0.6 is 0 Å². The Hall–Kier alpha value is -1.46. The van der Waals surface area contributed by atoms with Crippen LogP contribution in [0.5, 0.6) is 0 Å². The number of pyridine rings is 1. The predicted molar refractivity (Wildman–Crippen MR) is 78.2 cm³/mol. The lowest BCUT2D eigenvalue weighted by Crippen LogP contribution is -2.57. The van der Waals surface area contributed by atoms with E-state index in [0.29, 0.717) is 18.7 Å². The number of aryl methyl sites for hydroxylation is 1. The highest BCUT2D eigenvalue weighted by Crippen LogP contribution is 2.31. The number of methoxy groups -OCH3 is 1. The highest BCUT2D eigenvalue weighted by atomic mass is 16.5. The van der Waals surface area contributed by atoms with Crippen LogP contribution in [0.4, 0.5) is 0 Å². The zero-order chi connectivity index (χ0) is 14.8. The highest BCUT2D eigenvalue weighted by molar-refractivity contribution is 5.95. The van der Waals surface area contributed by atoms with Crippen LogP contribution < -0.4 is 0 Å². The van der Waals surface area contributed by atoms with E-state index in [2.05, 4.69) is 4.98 Å². The van der Waals surface area contributed by atoms with Crippen LogP contribution in [0.25, 0.3) is 0 Å². The van der Waals surface area contributed by atoms with Crippen LogP contribution in [0, 0.1) is 6.92 Å². The summed E-state index contributed by atoms with van der Waals surface area (Å²) >= 11 is 0. The number of ether oxygens (including phenoxy) is 2. The molecule has 5 heteroatoms. The number of amides is 1. The highest BCUT2D eigenvalue weighted by Gasteiger charge is 2.40. The Bertz CT molecular complexity index is 520. The molecule has 1 aromatic heterocycles. The van der Waals surface area contributed by atoms with Crippen LogP contribution in [0.1, 0.15) is 35.3 Å². The van der Waals surface area contributed by atoms with Gasteiger partial charge in [-0.25, -0.2) is 0 Å². The Morgan fingerprint density at radius 2 is 2.33 bits per heavy atom. The summed E-state index contributed by atoms with van der Waals surface area (Å²) in [5.74, 6) is 0.0654. The van der Waals surface area contributed by atoms with Crippen molar-refractivity contribution < 1.29 is 14.3 Å². The smallest absolute Gasteiger partial charge is 0.256 e. The maximum absolute atomic E-state index is 12.9. The van der Waals surface area contributed by atoms with Crippen molar-refractivity contribution in [3.8, 4) is 0 Å². The number of fused-ring (bicyclic) bond motifs is 1. The molecule has 21 heavy (non-hydrogen) atoms. The predicted octanol–water partition coefficient (Wildman–Crippen LogP) is 1.80. The molecule has 0 aromatic carbocycles. The Morgan fingerprint density at radius 1 is 1.48 bits per heavy atom. The van der Waals surface area contributed by atoms with Gasteiger partial charge < -0.3 is 14.4 Å². The topological polar surface area (TPSA) is 51.7 Å². The summed E-state index contributed by atoms with van der Waals surface area (Å²) in [6, 6.07) is 3.78. The molecule has 0 spiro atoms. The van der Waals surface area contributed by atoms with Crippen LogP contribution in [0.3, 0.4) is 0 Å². The molecular weight excluding hydrogens is 268 g/mol. The number of nitrogens with zero attached hydrogens (tertiary/aromatic N) is 2. The van der Waals surface area contributed by atoms with Crippen LogP contribution in [0.15, 0.2) is 18.3 Å². The molecule has 0 N–H and O–H groups in total. The summed E-state index contributed by atoms with van der Waals surface area (Å²) in [5, 5.41) is 0. The number of aromatic nitrogens is 1. The third-order valence-corrected chi connectivity index (χ3v) is 4.60. The molecule has 1 aliphatic carbocycles. The minimum absolute atomic E-state index is 0.0654. The van der Waals surface area contributed by atoms with Crippen molar-refractivity contribution in [2.45, 2.75) is 44.4 Å². The van der Waals surface area contributed by atoms with E-state index in [0.717, 1.165) is 25.0 Å².